The van der Waals surface area contributed by atoms with E-state index in [-0.39, 0.29) is 0 Å². The van der Waals surface area contributed by atoms with Gasteiger partial charge in [-0.15, -0.1) is 26.3 Å². The van der Waals surface area contributed by atoms with E-state index in [9.17, 15) is 0 Å². The molecule has 0 saturated heterocycles. The number of carbonyl (C=O) groups is 3. The van der Waals surface area contributed by atoms with Crippen molar-refractivity contribution in [3.8, 4) is 0 Å². The highest BCUT2D eigenvalue weighted by Crippen LogP contribution is 1.26. The minimum Gasteiger partial charge on any atom is -0.352 e. The van der Waals surface area contributed by atoms with Gasteiger partial charge in [0, 0.05) is 0 Å². The Morgan fingerprint density at radius 2 is 0.500 bits per heavy atom. The lowest BCUT2D eigenvalue weighted by Crippen LogP contribution is -2.18. The maximum atomic E-state index is 9.00. The van der Waals surface area contributed by atoms with Gasteiger partial charge in [-0.25, -0.2) is 14.4 Å². The van der Waals surface area contributed by atoms with Crippen molar-refractivity contribution < 1.29 is 14.4 Å². The summed E-state index contributed by atoms with van der Waals surface area (Å²) in [5.74, 6) is 0. The second-order valence-electron chi connectivity index (χ2n) is 1.21. The van der Waals surface area contributed by atoms with Gasteiger partial charge in [0.15, 0.2) is 0 Å². The minimum absolute atomic E-state index is 0.833. The number of nitrogens with two attached hydrogens (primary N) is 6. The molecule has 96 valence electrons. The molecule has 0 heterocycles. The van der Waals surface area contributed by atoms with Crippen LogP contribution in [0.3, 0.4) is 0 Å². The molecule has 0 atom stereocenters. The Kier molecular flexibility index (Phi) is 72.3. The van der Waals surface area contributed by atoms with E-state index in [0.717, 1.165) is 0 Å². The van der Waals surface area contributed by atoms with Crippen LogP contribution in [0.4, 0.5) is 14.4 Å². The lowest BCUT2D eigenvalue weighted by Gasteiger charge is -1.62. The molecular formula is C7H20N6O3. The van der Waals surface area contributed by atoms with Crippen LogP contribution in [0, 0.1) is 0 Å². The highest BCUT2D eigenvalue weighted by Gasteiger charge is 1.61. The normalized spacial score (nSPS) is 5.00. The van der Waals surface area contributed by atoms with Crippen molar-refractivity contribution in [1.82, 2.24) is 0 Å². The Labute approximate surface area is 94.1 Å². The number of carbonyl (C=O) groups excluding carboxylic acids is 3. The van der Waals surface area contributed by atoms with Gasteiger partial charge in [0.1, 0.15) is 0 Å². The SMILES string of the molecule is C=C.C=C.NC(N)=O.NC(N)=O.NC(N)=O. The maximum absolute atomic E-state index is 9.00. The second kappa shape index (κ2) is 39.6. The van der Waals surface area contributed by atoms with Gasteiger partial charge in [0.2, 0.25) is 0 Å². The van der Waals surface area contributed by atoms with E-state index in [4.69, 9.17) is 14.4 Å². The Hall–Kier alpha value is -2.71. The number of primary amides is 6. The molecule has 16 heavy (non-hydrogen) atoms. The number of hydrogen-bond acceptors (Lipinski definition) is 3. The molecule has 0 unspecified atom stereocenters. The first kappa shape index (κ1) is 29.2. The number of urea groups is 3. The van der Waals surface area contributed by atoms with E-state index in [1.165, 1.54) is 0 Å². The number of rotatable bonds is 0. The summed E-state index contributed by atoms with van der Waals surface area (Å²) in [5.41, 5.74) is 25.5. The Morgan fingerprint density at radius 3 is 0.500 bits per heavy atom. The van der Waals surface area contributed by atoms with Gasteiger partial charge in [0.05, 0.1) is 0 Å². The van der Waals surface area contributed by atoms with Crippen LogP contribution in [-0.2, 0) is 0 Å². The topological polar surface area (TPSA) is 207 Å². The van der Waals surface area contributed by atoms with Crippen LogP contribution in [0.25, 0.3) is 0 Å². The molecule has 6 amide bonds. The van der Waals surface area contributed by atoms with Crippen LogP contribution in [0.15, 0.2) is 26.3 Å². The summed E-state index contributed by atoms with van der Waals surface area (Å²) in [6.45, 7) is 12.0. The first-order valence-electron chi connectivity index (χ1n) is 3.34. The third-order valence-corrected chi connectivity index (χ3v) is 0. The van der Waals surface area contributed by atoms with E-state index >= 15 is 0 Å². The van der Waals surface area contributed by atoms with Crippen molar-refractivity contribution in [2.24, 2.45) is 34.4 Å². The van der Waals surface area contributed by atoms with Crippen LogP contribution in [0.5, 0.6) is 0 Å². The fourth-order valence-electron chi connectivity index (χ4n) is 0. The van der Waals surface area contributed by atoms with E-state index in [1.807, 2.05) is 0 Å². The summed E-state index contributed by atoms with van der Waals surface area (Å²) in [4.78, 5) is 27.0. The minimum atomic E-state index is -0.833. The summed E-state index contributed by atoms with van der Waals surface area (Å²) >= 11 is 0. The molecule has 9 heteroatoms. The third-order valence-electron chi connectivity index (χ3n) is 0. The van der Waals surface area contributed by atoms with Gasteiger partial charge >= 0.3 is 18.1 Å². The summed E-state index contributed by atoms with van der Waals surface area (Å²) in [7, 11) is 0. The molecule has 12 N–H and O–H groups in total. The standard InChI is InChI=1S/2C2H4.3CH4N2O/c2*1-2;3*2-1(3)4/h2*1-2H2;3*(H4,2,3,4). The third kappa shape index (κ3) is 163. The summed E-state index contributed by atoms with van der Waals surface area (Å²) in [5, 5.41) is 0. The Morgan fingerprint density at radius 1 is 0.500 bits per heavy atom. The van der Waals surface area contributed by atoms with Gasteiger partial charge in [-0.05, 0) is 0 Å². The first-order chi connectivity index (χ1) is 7.20. The monoisotopic (exact) mass is 236 g/mol. The molecule has 0 rings (SSSR count). The van der Waals surface area contributed by atoms with Gasteiger partial charge < -0.3 is 34.4 Å². The molecule has 0 aromatic rings. The predicted molar refractivity (Wildman–Crippen MR) is 63.8 cm³/mol. The zero-order valence-corrected chi connectivity index (χ0v) is 9.02. The number of amides is 6. The van der Waals surface area contributed by atoms with Crippen molar-refractivity contribution >= 4 is 18.1 Å². The molecule has 0 aliphatic heterocycles. The fourth-order valence-corrected chi connectivity index (χ4v) is 0. The molecule has 0 fully saturated rings. The van der Waals surface area contributed by atoms with Crippen LogP contribution in [0.1, 0.15) is 0 Å². The predicted octanol–water partition coefficient (Wildman–Crippen LogP) is -1.32. The zero-order chi connectivity index (χ0) is 14.7. The van der Waals surface area contributed by atoms with Crippen LogP contribution in [-0.4, -0.2) is 18.1 Å². The average Bonchev–Trinajstić information content (AvgIpc) is 2.07. The summed E-state index contributed by atoms with van der Waals surface area (Å²) < 4.78 is 0. The smallest absolute Gasteiger partial charge is 0.309 e. The van der Waals surface area contributed by atoms with E-state index < -0.39 is 18.1 Å². The molecule has 0 saturated carbocycles. The van der Waals surface area contributed by atoms with Gasteiger partial charge in [0.25, 0.3) is 0 Å². The lowest BCUT2D eigenvalue weighted by molar-refractivity contribution is 0.255. The molecule has 0 aliphatic rings. The van der Waals surface area contributed by atoms with Crippen molar-refractivity contribution in [3.63, 3.8) is 0 Å². The van der Waals surface area contributed by atoms with Crippen molar-refractivity contribution in [2.45, 2.75) is 0 Å². The summed E-state index contributed by atoms with van der Waals surface area (Å²) in [6, 6.07) is -2.50. The first-order valence-corrected chi connectivity index (χ1v) is 3.34. The molecule has 0 bridgehead atoms. The molecule has 0 aliphatic carbocycles. The average molecular weight is 236 g/mol. The molecule has 0 aromatic heterocycles. The zero-order valence-electron chi connectivity index (χ0n) is 9.02. The van der Waals surface area contributed by atoms with Gasteiger partial charge in [-0.1, -0.05) is 0 Å². The quantitative estimate of drug-likeness (QED) is 0.283. The highest BCUT2D eigenvalue weighted by molar-refractivity contribution is 5.69. The van der Waals surface area contributed by atoms with E-state index in [2.05, 4.69) is 60.7 Å². The highest BCUT2D eigenvalue weighted by atomic mass is 16.2. The van der Waals surface area contributed by atoms with Gasteiger partial charge in [-0.2, -0.15) is 0 Å². The molecule has 0 aromatic carbocycles. The van der Waals surface area contributed by atoms with E-state index in [0.29, 0.717) is 0 Å². The largest absolute Gasteiger partial charge is 0.352 e. The maximum Gasteiger partial charge on any atom is 0.309 e. The van der Waals surface area contributed by atoms with Crippen molar-refractivity contribution in [3.05, 3.63) is 26.3 Å². The molecular weight excluding hydrogens is 216 g/mol. The fraction of sp³-hybridized carbons (Fsp3) is 0. The number of hydrogen-bond donors (Lipinski definition) is 6. The van der Waals surface area contributed by atoms with Crippen LogP contribution >= 0.6 is 0 Å². The van der Waals surface area contributed by atoms with E-state index in [1.54, 1.807) is 0 Å². The Bertz CT molecular complexity index is 142. The molecule has 9 nitrogen and oxygen atoms in total. The van der Waals surface area contributed by atoms with Gasteiger partial charge in [-0.3, -0.25) is 0 Å². The van der Waals surface area contributed by atoms with Crippen molar-refractivity contribution in [1.29, 1.82) is 0 Å². The van der Waals surface area contributed by atoms with Crippen LogP contribution < -0.4 is 34.4 Å². The molecule has 0 spiro atoms. The van der Waals surface area contributed by atoms with Crippen molar-refractivity contribution in [2.75, 3.05) is 0 Å². The lowest BCUT2D eigenvalue weighted by atomic mass is 11.2. The molecule has 0 radical (unpaired) electrons. The van der Waals surface area contributed by atoms with Crippen LogP contribution in [0.2, 0.25) is 0 Å². The summed E-state index contributed by atoms with van der Waals surface area (Å²) in [6.07, 6.45) is 0. The second-order valence-corrected chi connectivity index (χ2v) is 1.21. The Balaban J connectivity index is -0.0000000327.